The molecule has 8 aliphatic carbocycles. The van der Waals surface area contributed by atoms with Crippen LogP contribution in [0.5, 0.6) is 0 Å². The molecule has 0 aromatic carbocycles. The van der Waals surface area contributed by atoms with Gasteiger partial charge in [0.2, 0.25) is 0 Å². The maximum atomic E-state index is 11.9. The van der Waals surface area contributed by atoms with E-state index in [0.717, 1.165) is 66.6 Å². The second kappa shape index (κ2) is 22.5. The molecule has 13 atom stereocenters. The Labute approximate surface area is 381 Å². The predicted octanol–water partition coefficient (Wildman–Crippen LogP) is 16.8. The Kier molecular flexibility index (Phi) is 18.2. The first-order valence-electron chi connectivity index (χ1n) is 25.8. The van der Waals surface area contributed by atoms with Gasteiger partial charge in [-0.25, -0.2) is 4.79 Å². The normalized spacial score (nSPS) is 36.1. The van der Waals surface area contributed by atoms with E-state index in [4.69, 9.17) is 5.11 Å². The third-order valence-electron chi connectivity index (χ3n) is 17.3. The molecule has 346 valence electrons. The van der Waals surface area contributed by atoms with Crippen molar-refractivity contribution < 1.29 is 14.7 Å². The number of Topliss-reactive ketones (excluding diaryl/α,β-unsaturated/α-hetero) is 1. The lowest BCUT2D eigenvalue weighted by Gasteiger charge is -2.36. The molecule has 8 rings (SSSR count). The fraction of sp³-hybridized carbons (Fsp3) is 0.729. The van der Waals surface area contributed by atoms with Gasteiger partial charge in [0.05, 0.1) is 0 Å². The molecule has 0 unspecified atom stereocenters. The highest BCUT2D eigenvalue weighted by Gasteiger charge is 2.44. The molecule has 0 aromatic rings. The summed E-state index contributed by atoms with van der Waals surface area (Å²) in [6, 6.07) is 0. The number of ketones is 1. The lowest BCUT2D eigenvalue weighted by molar-refractivity contribution is -0.132. The number of aliphatic carboxylic acids is 1. The van der Waals surface area contributed by atoms with Gasteiger partial charge in [0, 0.05) is 17.9 Å². The highest BCUT2D eigenvalue weighted by molar-refractivity contribution is 5.86. The molecule has 3 nitrogen and oxygen atoms in total. The van der Waals surface area contributed by atoms with Crippen LogP contribution >= 0.6 is 0 Å². The molecule has 0 spiro atoms. The van der Waals surface area contributed by atoms with Gasteiger partial charge in [0.15, 0.2) is 0 Å². The van der Waals surface area contributed by atoms with Gasteiger partial charge >= 0.3 is 5.97 Å². The Bertz CT molecular complexity index is 1750. The average molecular weight is 849 g/mol. The molecule has 0 saturated heterocycles. The molecule has 0 amide bonds. The number of hydrogen-bond acceptors (Lipinski definition) is 2. The Morgan fingerprint density at radius 1 is 0.468 bits per heavy atom. The number of carboxylic acid groups (broad SMARTS) is 1. The van der Waals surface area contributed by atoms with Gasteiger partial charge in [0.25, 0.3) is 0 Å². The van der Waals surface area contributed by atoms with Crippen LogP contribution in [0.25, 0.3) is 0 Å². The highest BCUT2D eigenvalue weighted by Crippen LogP contribution is 2.51. The van der Waals surface area contributed by atoms with Crippen molar-refractivity contribution in [3.05, 3.63) is 80.0 Å². The standard InChI is InChI=1S/C15H22O2.2C15H24.C14H22O/c1-9-4-6-12(8-11(3)15(16)17)14-10(2)5-7-13(9)14;2*1-10(2)9-13-7-5-11(3)14-8-6-12(4)15(13)14;1-9(2)8-11-5-4-10(3)12-6-7-13(15)14(11)12/h8-9,12-13H,4-7H2,1-3H3,(H,16,17);2*9,11,13-14H,5-8H2,1-4H3;8,10-12,14H,4-7H2,1-3H3/b11-8+;;;/t9-,12+,13-;2*11-,13+,14-;10-,11+,12-,14-/m1111/s1. The van der Waals surface area contributed by atoms with Crippen LogP contribution in [0, 0.1) is 76.9 Å². The maximum absolute atomic E-state index is 11.9. The van der Waals surface area contributed by atoms with E-state index >= 15 is 0 Å². The van der Waals surface area contributed by atoms with Crippen molar-refractivity contribution in [2.75, 3.05) is 0 Å². The summed E-state index contributed by atoms with van der Waals surface area (Å²) in [5, 5.41) is 8.99. The molecule has 0 aromatic heterocycles. The topological polar surface area (TPSA) is 54.4 Å². The van der Waals surface area contributed by atoms with Gasteiger partial charge in [-0.2, -0.15) is 0 Å². The summed E-state index contributed by atoms with van der Waals surface area (Å²) in [6.07, 6.45) is 29.9. The molecule has 3 heteroatoms. The summed E-state index contributed by atoms with van der Waals surface area (Å²) in [5.74, 6) is 9.24. The lowest BCUT2D eigenvalue weighted by atomic mass is 9.68. The van der Waals surface area contributed by atoms with Gasteiger partial charge in [0.1, 0.15) is 5.78 Å². The molecule has 5 saturated carbocycles. The van der Waals surface area contributed by atoms with Crippen molar-refractivity contribution in [1.82, 2.24) is 0 Å². The second-order valence-electron chi connectivity index (χ2n) is 22.9. The van der Waals surface area contributed by atoms with Crippen molar-refractivity contribution in [3.63, 3.8) is 0 Å². The predicted molar refractivity (Wildman–Crippen MR) is 265 cm³/mol. The Morgan fingerprint density at radius 2 is 0.839 bits per heavy atom. The molecule has 1 N–H and O–H groups in total. The Morgan fingerprint density at radius 3 is 1.21 bits per heavy atom. The van der Waals surface area contributed by atoms with Crippen LogP contribution in [-0.2, 0) is 9.59 Å². The smallest absolute Gasteiger partial charge is 0.330 e. The van der Waals surface area contributed by atoms with E-state index in [1.54, 1.807) is 23.6 Å². The summed E-state index contributed by atoms with van der Waals surface area (Å²) < 4.78 is 0. The van der Waals surface area contributed by atoms with Gasteiger partial charge in [-0.3, -0.25) is 4.79 Å². The lowest BCUT2D eigenvalue weighted by Crippen LogP contribution is -2.32. The number of fused-ring (bicyclic) bond motifs is 4. The van der Waals surface area contributed by atoms with Crippen molar-refractivity contribution in [2.24, 2.45) is 76.9 Å². The van der Waals surface area contributed by atoms with Crippen LogP contribution in [0.15, 0.2) is 80.0 Å². The minimum absolute atomic E-state index is 0.364. The summed E-state index contributed by atoms with van der Waals surface area (Å²) in [4.78, 5) is 22.8. The largest absolute Gasteiger partial charge is 0.478 e. The molecule has 5 fully saturated rings. The molecule has 0 bridgehead atoms. The van der Waals surface area contributed by atoms with Crippen molar-refractivity contribution >= 4 is 11.8 Å². The van der Waals surface area contributed by atoms with E-state index in [-0.39, 0.29) is 0 Å². The van der Waals surface area contributed by atoms with E-state index in [2.05, 4.69) is 108 Å². The quantitative estimate of drug-likeness (QED) is 0.221. The number of allylic oxidation sites excluding steroid dienone is 13. The van der Waals surface area contributed by atoms with Crippen LogP contribution < -0.4 is 0 Å². The fourth-order valence-corrected chi connectivity index (χ4v) is 14.2. The zero-order valence-corrected chi connectivity index (χ0v) is 42.4. The molecule has 0 radical (unpaired) electrons. The Hall–Kier alpha value is -2.68. The molecular weight excluding hydrogens is 757 g/mol. The number of hydrogen-bond donors (Lipinski definition) is 1. The number of carbonyl (C=O) groups is 2. The van der Waals surface area contributed by atoms with E-state index < -0.39 is 5.97 Å². The maximum Gasteiger partial charge on any atom is 0.330 e. The number of rotatable bonds is 5. The van der Waals surface area contributed by atoms with Crippen molar-refractivity contribution in [2.45, 2.75) is 200 Å². The molecular formula is C59H92O3. The SMILES string of the molecule is CC(C)=C[C@@H]1CC[C@@H](C)[C@H]2CCC(=O)[C@@H]21.CC(C)=C[C@@H]1CC[C@@H](C)[C@H]2CCC(C)=C12.CC(C)=C[C@@H]1CC[C@@H](C)[C@H]2CCC(C)=C12.CC1=C2[C@H](/C=C(\C)C(=O)O)CC[C@@H](C)[C@H]2CC1. The zero-order valence-electron chi connectivity index (χ0n) is 42.4. The van der Waals surface area contributed by atoms with Crippen LogP contribution in [0.1, 0.15) is 200 Å². The van der Waals surface area contributed by atoms with Gasteiger partial charge in [-0.15, -0.1) is 0 Å². The van der Waals surface area contributed by atoms with E-state index in [9.17, 15) is 9.59 Å². The first-order chi connectivity index (χ1) is 29.3. The Balaban J connectivity index is 0.000000156. The first-order valence-corrected chi connectivity index (χ1v) is 25.8. The fourth-order valence-electron chi connectivity index (χ4n) is 14.2. The van der Waals surface area contributed by atoms with Crippen LogP contribution in [0.3, 0.4) is 0 Å². The van der Waals surface area contributed by atoms with Crippen LogP contribution in [0.4, 0.5) is 0 Å². The van der Waals surface area contributed by atoms with Gasteiger partial charge < -0.3 is 5.11 Å². The van der Waals surface area contributed by atoms with Gasteiger partial charge in [-0.1, -0.05) is 102 Å². The van der Waals surface area contributed by atoms with Crippen molar-refractivity contribution in [1.29, 1.82) is 0 Å². The summed E-state index contributed by atoms with van der Waals surface area (Å²) in [7, 11) is 0. The first kappa shape index (κ1) is 50.3. The van der Waals surface area contributed by atoms with E-state index in [0.29, 0.717) is 40.9 Å². The minimum atomic E-state index is -0.781. The zero-order chi connectivity index (χ0) is 45.6. The molecule has 0 aliphatic heterocycles. The molecule has 62 heavy (non-hydrogen) atoms. The third-order valence-corrected chi connectivity index (χ3v) is 17.3. The minimum Gasteiger partial charge on any atom is -0.478 e. The van der Waals surface area contributed by atoms with Crippen molar-refractivity contribution in [3.8, 4) is 0 Å². The van der Waals surface area contributed by atoms with Crippen LogP contribution in [-0.4, -0.2) is 16.9 Å². The number of carbonyl (C=O) groups excluding carboxylic acids is 1. The number of carboxylic acids is 1. The van der Waals surface area contributed by atoms with Gasteiger partial charge in [-0.05, 0) is 237 Å². The monoisotopic (exact) mass is 849 g/mol. The summed E-state index contributed by atoms with van der Waals surface area (Å²) >= 11 is 0. The highest BCUT2D eigenvalue weighted by atomic mass is 16.4. The van der Waals surface area contributed by atoms with E-state index in [1.165, 1.54) is 106 Å². The molecule has 0 heterocycles. The van der Waals surface area contributed by atoms with Crippen LogP contribution in [0.2, 0.25) is 0 Å². The summed E-state index contributed by atoms with van der Waals surface area (Å²) in [6.45, 7) is 31.4. The summed E-state index contributed by atoms with van der Waals surface area (Å²) in [5.41, 5.74) is 14.9. The van der Waals surface area contributed by atoms with E-state index in [1.807, 2.05) is 17.2 Å². The average Bonchev–Trinajstić information content (AvgIpc) is 4.00. The molecule has 8 aliphatic rings. The second-order valence-corrected chi connectivity index (χ2v) is 22.9. The third kappa shape index (κ3) is 12.4.